The second-order valence-corrected chi connectivity index (χ2v) is 4.87. The lowest BCUT2D eigenvalue weighted by atomic mass is 9.80. The van der Waals surface area contributed by atoms with E-state index in [4.69, 9.17) is 5.21 Å². The minimum atomic E-state index is 0.356. The maximum absolute atomic E-state index is 8.35. The molecular weight excluding hydrogens is 150 g/mol. The molecule has 0 amide bonds. The van der Waals surface area contributed by atoms with Crippen molar-refractivity contribution >= 4 is 6.21 Å². The van der Waals surface area contributed by atoms with Gasteiger partial charge < -0.3 is 5.21 Å². The molecule has 2 atom stereocenters. The molecule has 0 fully saturated rings. The molecule has 0 saturated heterocycles. The van der Waals surface area contributed by atoms with Crippen LogP contribution in [0.4, 0.5) is 0 Å². The van der Waals surface area contributed by atoms with Crippen LogP contribution in [0, 0.1) is 17.3 Å². The smallest absolute Gasteiger partial charge is 0.0466 e. The quantitative estimate of drug-likeness (QED) is 0.395. The molecule has 0 heterocycles. The van der Waals surface area contributed by atoms with Gasteiger partial charge in [-0.25, -0.2) is 0 Å². The van der Waals surface area contributed by atoms with Crippen LogP contribution in [0.15, 0.2) is 5.16 Å². The van der Waals surface area contributed by atoms with Gasteiger partial charge in [-0.1, -0.05) is 34.6 Å². The molecule has 0 aromatic heterocycles. The maximum atomic E-state index is 8.35. The van der Waals surface area contributed by atoms with Gasteiger partial charge >= 0.3 is 0 Å². The SMILES string of the molecule is CC(C=NO)C(C)CC(C)(C)C. The Balaban J connectivity index is 3.95. The molecule has 0 aliphatic rings. The molecular formula is C10H21NO. The summed E-state index contributed by atoms with van der Waals surface area (Å²) in [5.41, 5.74) is 0.358. The van der Waals surface area contributed by atoms with E-state index in [0.29, 0.717) is 17.3 Å². The van der Waals surface area contributed by atoms with Gasteiger partial charge in [0.15, 0.2) is 0 Å². The number of hydrogen-bond acceptors (Lipinski definition) is 2. The zero-order valence-electron chi connectivity index (χ0n) is 8.83. The van der Waals surface area contributed by atoms with E-state index in [1.807, 2.05) is 0 Å². The van der Waals surface area contributed by atoms with Crippen molar-refractivity contribution in [3.8, 4) is 0 Å². The first-order valence-electron chi connectivity index (χ1n) is 4.54. The lowest BCUT2D eigenvalue weighted by Gasteiger charge is -2.25. The van der Waals surface area contributed by atoms with E-state index in [1.54, 1.807) is 6.21 Å². The van der Waals surface area contributed by atoms with Crippen LogP contribution < -0.4 is 0 Å². The molecule has 0 aromatic rings. The van der Waals surface area contributed by atoms with Gasteiger partial charge in [-0.05, 0) is 23.7 Å². The number of rotatable bonds is 3. The summed E-state index contributed by atoms with van der Waals surface area (Å²) in [7, 11) is 0. The lowest BCUT2D eigenvalue weighted by Crippen LogP contribution is -2.17. The van der Waals surface area contributed by atoms with Crippen molar-refractivity contribution in [3.63, 3.8) is 0 Å². The van der Waals surface area contributed by atoms with Gasteiger partial charge in [0, 0.05) is 6.21 Å². The minimum Gasteiger partial charge on any atom is -0.411 e. The second kappa shape index (κ2) is 4.48. The third-order valence-electron chi connectivity index (χ3n) is 2.13. The molecule has 0 saturated carbocycles. The summed E-state index contributed by atoms with van der Waals surface area (Å²) >= 11 is 0. The summed E-state index contributed by atoms with van der Waals surface area (Å²) in [6.07, 6.45) is 2.76. The van der Waals surface area contributed by atoms with Crippen LogP contribution in [0.3, 0.4) is 0 Å². The Morgan fingerprint density at radius 1 is 1.33 bits per heavy atom. The number of nitrogens with zero attached hydrogens (tertiary/aromatic N) is 1. The van der Waals surface area contributed by atoms with E-state index in [1.165, 1.54) is 0 Å². The Labute approximate surface area is 75.7 Å². The predicted molar refractivity (Wildman–Crippen MR) is 52.7 cm³/mol. The number of oxime groups is 1. The highest BCUT2D eigenvalue weighted by atomic mass is 16.4. The third-order valence-corrected chi connectivity index (χ3v) is 2.13. The Bertz CT molecular complexity index is 146. The van der Waals surface area contributed by atoms with Gasteiger partial charge in [0.2, 0.25) is 0 Å². The summed E-state index contributed by atoms with van der Waals surface area (Å²) in [4.78, 5) is 0. The molecule has 0 spiro atoms. The van der Waals surface area contributed by atoms with Crippen LogP contribution in [0.25, 0.3) is 0 Å². The van der Waals surface area contributed by atoms with Crippen molar-refractivity contribution in [3.05, 3.63) is 0 Å². The van der Waals surface area contributed by atoms with E-state index in [9.17, 15) is 0 Å². The molecule has 0 bridgehead atoms. The number of hydrogen-bond donors (Lipinski definition) is 1. The topological polar surface area (TPSA) is 32.6 Å². The van der Waals surface area contributed by atoms with Crippen LogP contribution in [-0.2, 0) is 0 Å². The van der Waals surface area contributed by atoms with E-state index in [0.717, 1.165) is 6.42 Å². The molecule has 1 N–H and O–H groups in total. The first kappa shape index (κ1) is 11.5. The van der Waals surface area contributed by atoms with Gasteiger partial charge in [-0.15, -0.1) is 5.16 Å². The summed E-state index contributed by atoms with van der Waals surface area (Å²) < 4.78 is 0. The van der Waals surface area contributed by atoms with E-state index in [2.05, 4.69) is 39.8 Å². The highest BCUT2D eigenvalue weighted by molar-refractivity contribution is 5.59. The lowest BCUT2D eigenvalue weighted by molar-refractivity contribution is 0.274. The highest BCUT2D eigenvalue weighted by Crippen LogP contribution is 2.27. The monoisotopic (exact) mass is 171 g/mol. The normalized spacial score (nSPS) is 18.1. The highest BCUT2D eigenvalue weighted by Gasteiger charge is 2.18. The van der Waals surface area contributed by atoms with Crippen LogP contribution in [-0.4, -0.2) is 11.4 Å². The van der Waals surface area contributed by atoms with Crippen LogP contribution >= 0.6 is 0 Å². The largest absolute Gasteiger partial charge is 0.411 e. The average Bonchev–Trinajstić information content (AvgIpc) is 1.84. The van der Waals surface area contributed by atoms with Crippen molar-refractivity contribution in [2.24, 2.45) is 22.4 Å². The minimum absolute atomic E-state index is 0.356. The van der Waals surface area contributed by atoms with E-state index in [-0.39, 0.29) is 0 Å². The molecule has 2 heteroatoms. The van der Waals surface area contributed by atoms with Gasteiger partial charge in [0.1, 0.15) is 0 Å². The van der Waals surface area contributed by atoms with E-state index < -0.39 is 0 Å². The molecule has 12 heavy (non-hydrogen) atoms. The van der Waals surface area contributed by atoms with Gasteiger partial charge in [0.25, 0.3) is 0 Å². The van der Waals surface area contributed by atoms with Crippen molar-refractivity contribution in [2.75, 3.05) is 0 Å². The fraction of sp³-hybridized carbons (Fsp3) is 0.900. The Hall–Kier alpha value is -0.530. The molecule has 0 radical (unpaired) electrons. The Kier molecular flexibility index (Phi) is 4.29. The zero-order chi connectivity index (χ0) is 9.78. The van der Waals surface area contributed by atoms with Gasteiger partial charge in [0.05, 0.1) is 0 Å². The van der Waals surface area contributed by atoms with Gasteiger partial charge in [-0.3, -0.25) is 0 Å². The van der Waals surface area contributed by atoms with Crippen molar-refractivity contribution < 1.29 is 5.21 Å². The van der Waals surface area contributed by atoms with Crippen LogP contribution in [0.2, 0.25) is 0 Å². The third kappa shape index (κ3) is 5.16. The first-order chi connectivity index (χ1) is 5.37. The fourth-order valence-electron chi connectivity index (χ4n) is 1.40. The Morgan fingerprint density at radius 3 is 2.17 bits per heavy atom. The second-order valence-electron chi connectivity index (χ2n) is 4.87. The summed E-state index contributed by atoms with van der Waals surface area (Å²) in [5.74, 6) is 0.926. The molecule has 72 valence electrons. The molecule has 2 nitrogen and oxygen atoms in total. The Morgan fingerprint density at radius 2 is 1.83 bits per heavy atom. The van der Waals surface area contributed by atoms with Crippen molar-refractivity contribution in [1.29, 1.82) is 0 Å². The van der Waals surface area contributed by atoms with E-state index >= 15 is 0 Å². The molecule has 2 unspecified atom stereocenters. The maximum Gasteiger partial charge on any atom is 0.0466 e. The predicted octanol–water partition coefficient (Wildman–Crippen LogP) is 3.15. The molecule has 0 rings (SSSR count). The first-order valence-corrected chi connectivity index (χ1v) is 4.54. The summed E-state index contributed by atoms with van der Waals surface area (Å²) in [5, 5.41) is 11.4. The average molecular weight is 171 g/mol. The van der Waals surface area contributed by atoms with Crippen molar-refractivity contribution in [1.82, 2.24) is 0 Å². The fourth-order valence-corrected chi connectivity index (χ4v) is 1.40. The summed E-state index contributed by atoms with van der Waals surface area (Å²) in [6.45, 7) is 11.0. The van der Waals surface area contributed by atoms with Gasteiger partial charge in [-0.2, -0.15) is 0 Å². The molecule has 0 aromatic carbocycles. The van der Waals surface area contributed by atoms with Crippen LogP contribution in [0.5, 0.6) is 0 Å². The van der Waals surface area contributed by atoms with Crippen LogP contribution in [0.1, 0.15) is 41.0 Å². The molecule has 0 aliphatic carbocycles. The summed E-state index contributed by atoms with van der Waals surface area (Å²) in [6, 6.07) is 0. The molecule has 0 aliphatic heterocycles. The standard InChI is InChI=1S/C10H21NO/c1-8(6-10(3,4)5)9(2)7-11-12/h7-9,12H,6H2,1-5H3. The van der Waals surface area contributed by atoms with Crippen molar-refractivity contribution in [2.45, 2.75) is 41.0 Å². The zero-order valence-corrected chi connectivity index (χ0v) is 8.83.